The molecule has 8 heteroatoms. The first-order valence-corrected chi connectivity index (χ1v) is 12.0. The van der Waals surface area contributed by atoms with Gasteiger partial charge in [0.2, 0.25) is 11.8 Å². The van der Waals surface area contributed by atoms with Crippen molar-refractivity contribution in [3.63, 3.8) is 0 Å². The van der Waals surface area contributed by atoms with E-state index >= 15 is 0 Å². The molecule has 2 aromatic carbocycles. The monoisotopic (exact) mass is 546 g/mol. The third kappa shape index (κ3) is 3.14. The fourth-order valence-corrected chi connectivity index (χ4v) is 7.22. The highest BCUT2D eigenvalue weighted by Gasteiger charge is 2.66. The molecule has 2 saturated carbocycles. The van der Waals surface area contributed by atoms with Gasteiger partial charge in [-0.3, -0.25) is 14.4 Å². The zero-order valence-corrected chi connectivity index (χ0v) is 19.8. The van der Waals surface area contributed by atoms with Crippen LogP contribution >= 0.6 is 31.9 Å². The number of anilines is 2. The van der Waals surface area contributed by atoms with Gasteiger partial charge in [0.05, 0.1) is 30.2 Å². The Kier molecular flexibility index (Phi) is 5.17. The number of benzene rings is 2. The highest BCUT2D eigenvalue weighted by atomic mass is 79.9. The summed E-state index contributed by atoms with van der Waals surface area (Å²) in [5, 5.41) is 2.84. The Labute approximate surface area is 196 Å². The van der Waals surface area contributed by atoms with E-state index in [9.17, 15) is 14.4 Å². The number of fused-ring (bicyclic) bond motifs is 5. The maximum atomic E-state index is 13.4. The van der Waals surface area contributed by atoms with Gasteiger partial charge in [-0.2, -0.15) is 0 Å². The molecule has 6 atom stereocenters. The van der Waals surface area contributed by atoms with Crippen molar-refractivity contribution in [3.05, 3.63) is 54.1 Å². The van der Waals surface area contributed by atoms with Crippen molar-refractivity contribution in [3.8, 4) is 5.75 Å². The Morgan fingerprint density at radius 3 is 2.29 bits per heavy atom. The molecule has 160 valence electrons. The molecule has 3 amide bonds. The van der Waals surface area contributed by atoms with Crippen LogP contribution in [0.25, 0.3) is 0 Å². The molecule has 1 N–H and O–H groups in total. The molecule has 31 heavy (non-hydrogen) atoms. The maximum Gasteiger partial charge on any atom is 0.257 e. The molecule has 1 saturated heterocycles. The first-order valence-electron chi connectivity index (χ1n) is 10.1. The average Bonchev–Trinajstić information content (AvgIpc) is 3.38. The van der Waals surface area contributed by atoms with Gasteiger partial charge < -0.3 is 10.1 Å². The van der Waals surface area contributed by atoms with E-state index in [4.69, 9.17) is 4.74 Å². The molecule has 0 unspecified atom stereocenters. The normalized spacial score (nSPS) is 31.1. The van der Waals surface area contributed by atoms with Gasteiger partial charge in [0.25, 0.3) is 5.91 Å². The zero-order valence-electron chi connectivity index (χ0n) is 16.6. The van der Waals surface area contributed by atoms with Crippen molar-refractivity contribution in [1.29, 1.82) is 0 Å². The van der Waals surface area contributed by atoms with Crippen LogP contribution in [0.3, 0.4) is 0 Å². The fourth-order valence-electron chi connectivity index (χ4n) is 5.35. The van der Waals surface area contributed by atoms with Gasteiger partial charge in [0.15, 0.2) is 0 Å². The number of halogens is 2. The molecule has 1 aliphatic heterocycles. The maximum absolute atomic E-state index is 13.4. The van der Waals surface area contributed by atoms with Crippen LogP contribution in [0.5, 0.6) is 5.75 Å². The van der Waals surface area contributed by atoms with Crippen LogP contribution in [0.1, 0.15) is 16.8 Å². The van der Waals surface area contributed by atoms with Crippen LogP contribution in [0, 0.1) is 23.7 Å². The van der Waals surface area contributed by atoms with Crippen molar-refractivity contribution in [1.82, 2.24) is 0 Å². The number of nitrogens with one attached hydrogen (secondary N) is 1. The number of methoxy groups -OCH3 is 1. The molecular weight excluding hydrogens is 528 g/mol. The number of ether oxygens (including phenoxy) is 1. The van der Waals surface area contributed by atoms with E-state index in [1.807, 2.05) is 0 Å². The minimum Gasteiger partial charge on any atom is -0.497 e. The number of rotatable bonds is 4. The summed E-state index contributed by atoms with van der Waals surface area (Å²) in [5.74, 6) is -0.581. The lowest BCUT2D eigenvalue weighted by Crippen LogP contribution is -2.37. The largest absolute Gasteiger partial charge is 0.497 e. The quantitative estimate of drug-likeness (QED) is 0.459. The fraction of sp³-hybridized carbons (Fsp3) is 0.348. The minimum absolute atomic E-state index is 0.124. The topological polar surface area (TPSA) is 75.7 Å². The summed E-state index contributed by atoms with van der Waals surface area (Å²) in [6.45, 7) is 0. The lowest BCUT2D eigenvalue weighted by Gasteiger charge is -2.28. The Hall–Kier alpha value is -2.19. The predicted molar refractivity (Wildman–Crippen MR) is 124 cm³/mol. The Bertz CT molecular complexity index is 1060. The average molecular weight is 548 g/mol. The standard InChI is InChI=1S/C23H20Br2N2O4/c1-31-12-6-4-5-11(9-12)26-21(28)13-7-2-3-8-16(13)27-22(29)17-14-10-15(18(17)23(27)30)20(25)19(14)24/h2-9,14-15,17-20H,10H2,1H3,(H,26,28)/t14-,15-,17-,18-,19-,20+/m1/s1. The Balaban J connectivity index is 1.46. The van der Waals surface area contributed by atoms with Crippen molar-refractivity contribution in [2.45, 2.75) is 16.1 Å². The van der Waals surface area contributed by atoms with Crippen LogP contribution in [0.4, 0.5) is 11.4 Å². The van der Waals surface area contributed by atoms with E-state index < -0.39 is 0 Å². The molecule has 3 aliphatic rings. The molecule has 2 aromatic rings. The number of imide groups is 1. The second-order valence-electron chi connectivity index (χ2n) is 8.22. The van der Waals surface area contributed by atoms with Gasteiger partial charge in [0, 0.05) is 21.4 Å². The number of nitrogens with zero attached hydrogens (tertiary/aromatic N) is 1. The van der Waals surface area contributed by atoms with Crippen LogP contribution < -0.4 is 15.0 Å². The summed E-state index contributed by atoms with van der Waals surface area (Å²) in [7, 11) is 1.56. The van der Waals surface area contributed by atoms with Gasteiger partial charge in [-0.05, 0) is 42.5 Å². The molecule has 5 rings (SSSR count). The smallest absolute Gasteiger partial charge is 0.257 e. The molecule has 1 heterocycles. The van der Waals surface area contributed by atoms with Crippen molar-refractivity contribution >= 4 is 61.0 Å². The first kappa shape index (κ1) is 20.7. The number of carbonyl (C=O) groups excluding carboxylic acids is 3. The molecule has 2 aliphatic carbocycles. The van der Waals surface area contributed by atoms with Gasteiger partial charge in [-0.15, -0.1) is 0 Å². The molecule has 6 nitrogen and oxygen atoms in total. The molecule has 2 bridgehead atoms. The van der Waals surface area contributed by atoms with E-state index in [0.717, 1.165) is 6.42 Å². The minimum atomic E-state index is -0.388. The first-order chi connectivity index (χ1) is 14.9. The Morgan fingerprint density at radius 1 is 1.00 bits per heavy atom. The van der Waals surface area contributed by atoms with E-state index in [2.05, 4.69) is 37.2 Å². The van der Waals surface area contributed by atoms with Crippen LogP contribution in [-0.4, -0.2) is 34.5 Å². The van der Waals surface area contributed by atoms with E-state index in [-0.39, 0.29) is 56.6 Å². The van der Waals surface area contributed by atoms with Crippen LogP contribution in [-0.2, 0) is 9.59 Å². The molecular formula is C23H20Br2N2O4. The molecule has 0 radical (unpaired) electrons. The number of hydrogen-bond acceptors (Lipinski definition) is 4. The number of hydrogen-bond donors (Lipinski definition) is 1. The third-order valence-electron chi connectivity index (χ3n) is 6.70. The van der Waals surface area contributed by atoms with Gasteiger partial charge in [-0.1, -0.05) is 50.1 Å². The molecule has 0 aromatic heterocycles. The molecule has 0 spiro atoms. The van der Waals surface area contributed by atoms with Crippen molar-refractivity contribution in [2.75, 3.05) is 17.3 Å². The number of alkyl halides is 2. The summed E-state index contributed by atoms with van der Waals surface area (Å²) >= 11 is 7.41. The predicted octanol–water partition coefficient (Wildman–Crippen LogP) is 4.23. The van der Waals surface area contributed by atoms with Gasteiger partial charge in [0.1, 0.15) is 5.75 Å². The van der Waals surface area contributed by atoms with Gasteiger partial charge in [-0.25, -0.2) is 4.90 Å². The lowest BCUT2D eigenvalue weighted by atomic mass is 9.81. The SMILES string of the molecule is COc1cccc(NC(=O)c2ccccc2N2C(=O)[C@@H]3[C@H]4C[C@@H]([C@@H](Br)[C@H]4Br)[C@H]3C2=O)c1. The second-order valence-corrected chi connectivity index (χ2v) is 10.3. The number of amides is 3. The van der Waals surface area contributed by atoms with E-state index in [0.29, 0.717) is 17.1 Å². The summed E-state index contributed by atoms with van der Waals surface area (Å²) in [4.78, 5) is 41.4. The summed E-state index contributed by atoms with van der Waals surface area (Å²) < 4.78 is 5.20. The van der Waals surface area contributed by atoms with Crippen LogP contribution in [0.2, 0.25) is 0 Å². The summed E-state index contributed by atoms with van der Waals surface area (Å²) in [6, 6.07) is 13.8. The van der Waals surface area contributed by atoms with Crippen molar-refractivity contribution < 1.29 is 19.1 Å². The van der Waals surface area contributed by atoms with Crippen LogP contribution in [0.15, 0.2) is 48.5 Å². The Morgan fingerprint density at radius 2 is 1.65 bits per heavy atom. The lowest BCUT2D eigenvalue weighted by molar-refractivity contribution is -0.123. The van der Waals surface area contributed by atoms with Crippen molar-refractivity contribution in [2.24, 2.45) is 23.7 Å². The van der Waals surface area contributed by atoms with E-state index in [1.54, 1.807) is 55.6 Å². The highest BCUT2D eigenvalue weighted by molar-refractivity contribution is 9.12. The van der Waals surface area contributed by atoms with E-state index in [1.165, 1.54) is 4.90 Å². The summed E-state index contributed by atoms with van der Waals surface area (Å²) in [5.41, 5.74) is 1.19. The number of carbonyl (C=O) groups is 3. The second kappa shape index (κ2) is 7.74. The highest BCUT2D eigenvalue weighted by Crippen LogP contribution is 2.60. The number of para-hydroxylation sites is 1. The summed E-state index contributed by atoms with van der Waals surface area (Å²) in [6.07, 6.45) is 0.866. The zero-order chi connectivity index (χ0) is 21.9. The third-order valence-corrected chi connectivity index (χ3v) is 9.91. The van der Waals surface area contributed by atoms with Gasteiger partial charge >= 0.3 is 0 Å². The molecule has 3 fully saturated rings.